The fourth-order valence-electron chi connectivity index (χ4n) is 5.16. The van der Waals surface area contributed by atoms with Crippen molar-refractivity contribution in [1.82, 2.24) is 14.8 Å². The first-order valence-corrected chi connectivity index (χ1v) is 8.47. The molecule has 0 spiro atoms. The fraction of sp³-hybridized carbons (Fsp3) is 0.529. The zero-order chi connectivity index (χ0) is 14.0. The van der Waals surface area contributed by atoms with E-state index in [9.17, 15) is 0 Å². The van der Waals surface area contributed by atoms with Gasteiger partial charge in [-0.25, -0.2) is 0 Å². The SMILES string of the molecule is ClCc1nnc(C2C3C4CCC(C4)C23)n1-c1ccccc1. The Labute approximate surface area is 129 Å². The van der Waals surface area contributed by atoms with E-state index < -0.39 is 0 Å². The van der Waals surface area contributed by atoms with Gasteiger partial charge in [-0.05, 0) is 55.1 Å². The Kier molecular flexibility index (Phi) is 2.52. The molecule has 2 bridgehead atoms. The molecule has 4 unspecified atom stereocenters. The van der Waals surface area contributed by atoms with Crippen LogP contribution in [0.3, 0.4) is 0 Å². The van der Waals surface area contributed by atoms with Crippen LogP contribution in [0.2, 0.25) is 0 Å². The lowest BCUT2D eigenvalue weighted by Crippen LogP contribution is -2.07. The molecule has 2 aromatic rings. The molecule has 0 amide bonds. The van der Waals surface area contributed by atoms with Crippen LogP contribution in [0.1, 0.15) is 36.8 Å². The summed E-state index contributed by atoms with van der Waals surface area (Å²) >= 11 is 6.09. The zero-order valence-electron chi connectivity index (χ0n) is 11.8. The number of hydrogen-bond acceptors (Lipinski definition) is 2. The van der Waals surface area contributed by atoms with Crippen molar-refractivity contribution in [3.8, 4) is 5.69 Å². The second-order valence-electron chi connectivity index (χ2n) is 6.79. The first-order chi connectivity index (χ1) is 10.4. The van der Waals surface area contributed by atoms with Gasteiger partial charge in [-0.1, -0.05) is 18.2 Å². The Morgan fingerprint density at radius 2 is 1.76 bits per heavy atom. The Bertz CT molecular complexity index is 665. The molecule has 3 fully saturated rings. The number of rotatable bonds is 3. The second-order valence-corrected chi connectivity index (χ2v) is 7.06. The van der Waals surface area contributed by atoms with Gasteiger partial charge in [-0.2, -0.15) is 0 Å². The van der Waals surface area contributed by atoms with Gasteiger partial charge in [0, 0.05) is 11.6 Å². The van der Waals surface area contributed by atoms with Crippen molar-refractivity contribution in [3.63, 3.8) is 0 Å². The standard InChI is InChI=1S/C17H18ClN3/c18-9-13-19-20-17(21(13)12-4-2-1-3-5-12)16-14-10-6-7-11(8-10)15(14)16/h1-5,10-11,14-16H,6-9H2. The van der Waals surface area contributed by atoms with Gasteiger partial charge in [0.25, 0.3) is 0 Å². The number of alkyl halides is 1. The van der Waals surface area contributed by atoms with Gasteiger partial charge in [0.2, 0.25) is 0 Å². The average molecular weight is 300 g/mol. The van der Waals surface area contributed by atoms with E-state index in [0.29, 0.717) is 11.8 Å². The van der Waals surface area contributed by atoms with Crippen molar-refractivity contribution in [3.05, 3.63) is 42.0 Å². The molecule has 1 heterocycles. The zero-order valence-corrected chi connectivity index (χ0v) is 12.6. The summed E-state index contributed by atoms with van der Waals surface area (Å²) in [5, 5.41) is 8.88. The average Bonchev–Trinajstić information content (AvgIpc) is 2.90. The van der Waals surface area contributed by atoms with Gasteiger partial charge < -0.3 is 0 Å². The lowest BCUT2D eigenvalue weighted by atomic mass is 10.0. The summed E-state index contributed by atoms with van der Waals surface area (Å²) in [5.74, 6) is 6.71. The summed E-state index contributed by atoms with van der Waals surface area (Å²) in [6.07, 6.45) is 4.34. The highest BCUT2D eigenvalue weighted by atomic mass is 35.5. The first kappa shape index (κ1) is 12.2. The molecule has 1 aromatic heterocycles. The molecule has 3 aliphatic rings. The van der Waals surface area contributed by atoms with Gasteiger partial charge >= 0.3 is 0 Å². The third-order valence-electron chi connectivity index (χ3n) is 5.92. The van der Waals surface area contributed by atoms with E-state index in [2.05, 4.69) is 39.0 Å². The quantitative estimate of drug-likeness (QED) is 0.808. The van der Waals surface area contributed by atoms with Crippen LogP contribution in [-0.4, -0.2) is 14.8 Å². The molecular formula is C17H18ClN3. The van der Waals surface area contributed by atoms with Crippen LogP contribution in [0, 0.1) is 23.7 Å². The van der Waals surface area contributed by atoms with Crippen LogP contribution in [0.5, 0.6) is 0 Å². The predicted molar refractivity (Wildman–Crippen MR) is 81.5 cm³/mol. The molecule has 3 nitrogen and oxygen atoms in total. The van der Waals surface area contributed by atoms with Gasteiger partial charge in [0.15, 0.2) is 5.82 Å². The van der Waals surface area contributed by atoms with Crippen molar-refractivity contribution in [2.45, 2.75) is 31.1 Å². The Morgan fingerprint density at radius 1 is 1.05 bits per heavy atom. The Morgan fingerprint density at radius 3 is 2.43 bits per heavy atom. The normalized spacial score (nSPS) is 36.0. The molecule has 0 N–H and O–H groups in total. The summed E-state index contributed by atoms with van der Waals surface area (Å²) in [7, 11) is 0. The summed E-state index contributed by atoms with van der Waals surface area (Å²) in [6, 6.07) is 10.4. The number of hydrogen-bond donors (Lipinski definition) is 0. The molecule has 4 atom stereocenters. The molecule has 5 rings (SSSR count). The number of benzene rings is 1. The number of nitrogens with zero attached hydrogens (tertiary/aromatic N) is 3. The minimum absolute atomic E-state index is 0.413. The largest absolute Gasteiger partial charge is 0.282 e. The molecule has 21 heavy (non-hydrogen) atoms. The maximum absolute atomic E-state index is 6.09. The second kappa shape index (κ2) is 4.33. The van der Waals surface area contributed by atoms with Crippen LogP contribution in [0.25, 0.3) is 5.69 Å². The van der Waals surface area contributed by atoms with E-state index in [1.54, 1.807) is 0 Å². The molecule has 108 valence electrons. The highest BCUT2D eigenvalue weighted by molar-refractivity contribution is 6.16. The van der Waals surface area contributed by atoms with Gasteiger partial charge in [0.05, 0.1) is 5.88 Å². The lowest BCUT2D eigenvalue weighted by Gasteiger charge is -2.12. The van der Waals surface area contributed by atoms with E-state index in [-0.39, 0.29) is 0 Å². The van der Waals surface area contributed by atoms with Crippen molar-refractivity contribution >= 4 is 11.6 Å². The van der Waals surface area contributed by atoms with E-state index in [4.69, 9.17) is 11.6 Å². The maximum atomic E-state index is 6.09. The minimum Gasteiger partial charge on any atom is -0.282 e. The van der Waals surface area contributed by atoms with Crippen LogP contribution in [0.4, 0.5) is 0 Å². The highest BCUT2D eigenvalue weighted by Crippen LogP contribution is 2.72. The van der Waals surface area contributed by atoms with E-state index >= 15 is 0 Å². The molecule has 0 radical (unpaired) electrons. The number of fused-ring (bicyclic) bond motifs is 5. The summed E-state index contributed by atoms with van der Waals surface area (Å²) in [5.41, 5.74) is 1.14. The molecule has 0 aliphatic heterocycles. The monoisotopic (exact) mass is 299 g/mol. The molecule has 1 aromatic carbocycles. The Hall–Kier alpha value is -1.35. The van der Waals surface area contributed by atoms with E-state index in [1.807, 2.05) is 6.07 Å². The minimum atomic E-state index is 0.413. The van der Waals surface area contributed by atoms with Crippen molar-refractivity contribution < 1.29 is 0 Å². The van der Waals surface area contributed by atoms with Crippen LogP contribution in [0.15, 0.2) is 30.3 Å². The number of para-hydroxylation sites is 1. The van der Waals surface area contributed by atoms with E-state index in [0.717, 1.165) is 41.0 Å². The Balaban J connectivity index is 1.58. The number of halogens is 1. The van der Waals surface area contributed by atoms with Gasteiger partial charge in [0.1, 0.15) is 5.82 Å². The first-order valence-electron chi connectivity index (χ1n) is 7.94. The molecule has 4 heteroatoms. The van der Waals surface area contributed by atoms with E-state index in [1.165, 1.54) is 19.3 Å². The third-order valence-corrected chi connectivity index (χ3v) is 6.16. The van der Waals surface area contributed by atoms with Crippen molar-refractivity contribution in [2.75, 3.05) is 0 Å². The third kappa shape index (κ3) is 1.61. The van der Waals surface area contributed by atoms with Crippen LogP contribution >= 0.6 is 11.6 Å². The lowest BCUT2D eigenvalue weighted by molar-refractivity contribution is 0.456. The van der Waals surface area contributed by atoms with Gasteiger partial charge in [-0.3, -0.25) is 4.57 Å². The van der Waals surface area contributed by atoms with Crippen LogP contribution < -0.4 is 0 Å². The van der Waals surface area contributed by atoms with Crippen molar-refractivity contribution in [1.29, 1.82) is 0 Å². The summed E-state index contributed by atoms with van der Waals surface area (Å²) in [6.45, 7) is 0. The predicted octanol–water partition coefficient (Wildman–Crippen LogP) is 3.77. The molecular weight excluding hydrogens is 282 g/mol. The highest BCUT2D eigenvalue weighted by Gasteiger charge is 2.66. The smallest absolute Gasteiger partial charge is 0.152 e. The van der Waals surface area contributed by atoms with Crippen molar-refractivity contribution in [2.24, 2.45) is 23.7 Å². The number of aromatic nitrogens is 3. The fourth-order valence-corrected chi connectivity index (χ4v) is 5.33. The molecule has 3 aliphatic carbocycles. The van der Waals surface area contributed by atoms with Gasteiger partial charge in [-0.15, -0.1) is 21.8 Å². The van der Waals surface area contributed by atoms with Crippen LogP contribution in [-0.2, 0) is 5.88 Å². The maximum Gasteiger partial charge on any atom is 0.152 e. The summed E-state index contributed by atoms with van der Waals surface area (Å²) in [4.78, 5) is 0. The topological polar surface area (TPSA) is 30.7 Å². The molecule has 0 saturated heterocycles. The molecule has 3 saturated carbocycles. The summed E-state index contributed by atoms with van der Waals surface area (Å²) < 4.78 is 2.20.